The zero-order valence-corrected chi connectivity index (χ0v) is 14.6. The maximum Gasteiger partial charge on any atom is 0.259 e. The number of amides is 1. The number of rotatable bonds is 7. The van der Waals surface area contributed by atoms with Crippen molar-refractivity contribution in [2.45, 2.75) is 13.1 Å². The van der Waals surface area contributed by atoms with Gasteiger partial charge in [0.2, 0.25) is 0 Å². The van der Waals surface area contributed by atoms with Crippen molar-refractivity contribution in [2.24, 2.45) is 0 Å². The molecule has 1 heterocycles. The molecule has 130 valence electrons. The highest BCUT2D eigenvalue weighted by Crippen LogP contribution is 2.18. The second-order valence-electron chi connectivity index (χ2n) is 6.18. The van der Waals surface area contributed by atoms with E-state index in [0.717, 1.165) is 24.2 Å². The lowest BCUT2D eigenvalue weighted by molar-refractivity contribution is -0.130. The molecule has 3 rings (SSSR count). The molecule has 5 heteroatoms. The van der Waals surface area contributed by atoms with Gasteiger partial charge >= 0.3 is 0 Å². The SMILES string of the molecule is CN(C)C(=O)COc1cccc(CNCc2cccc3[nH]ccc23)c1. The molecule has 2 aromatic carbocycles. The summed E-state index contributed by atoms with van der Waals surface area (Å²) in [6.45, 7) is 1.58. The van der Waals surface area contributed by atoms with Crippen molar-refractivity contribution in [3.8, 4) is 5.75 Å². The van der Waals surface area contributed by atoms with Crippen LogP contribution in [0.3, 0.4) is 0 Å². The minimum Gasteiger partial charge on any atom is -0.484 e. The maximum absolute atomic E-state index is 11.6. The van der Waals surface area contributed by atoms with Crippen LogP contribution in [0.2, 0.25) is 0 Å². The van der Waals surface area contributed by atoms with Crippen LogP contribution in [0.5, 0.6) is 5.75 Å². The van der Waals surface area contributed by atoms with Gasteiger partial charge in [-0.25, -0.2) is 0 Å². The van der Waals surface area contributed by atoms with Crippen molar-refractivity contribution < 1.29 is 9.53 Å². The standard InChI is InChI=1S/C20H23N3O2/c1-23(2)20(24)14-25-17-7-3-5-15(11-17)12-21-13-16-6-4-8-19-18(16)9-10-22-19/h3-11,21-22H,12-14H2,1-2H3. The van der Waals surface area contributed by atoms with E-state index < -0.39 is 0 Å². The van der Waals surface area contributed by atoms with Crippen molar-refractivity contribution in [3.05, 3.63) is 65.9 Å². The molecule has 3 aromatic rings. The number of nitrogens with one attached hydrogen (secondary N) is 2. The predicted octanol–water partition coefficient (Wildman–Crippen LogP) is 2.92. The zero-order chi connectivity index (χ0) is 17.6. The Balaban J connectivity index is 1.56. The van der Waals surface area contributed by atoms with Crippen LogP contribution in [0.15, 0.2) is 54.7 Å². The molecule has 0 saturated carbocycles. The number of hydrogen-bond donors (Lipinski definition) is 2. The van der Waals surface area contributed by atoms with Crippen LogP contribution in [-0.4, -0.2) is 36.5 Å². The monoisotopic (exact) mass is 337 g/mol. The molecular formula is C20H23N3O2. The Morgan fingerprint density at radius 3 is 2.80 bits per heavy atom. The first-order valence-corrected chi connectivity index (χ1v) is 8.31. The third kappa shape index (κ3) is 4.39. The van der Waals surface area contributed by atoms with E-state index in [0.29, 0.717) is 5.75 Å². The number of carbonyl (C=O) groups is 1. The fourth-order valence-electron chi connectivity index (χ4n) is 2.67. The Bertz CT molecular complexity index is 855. The summed E-state index contributed by atoms with van der Waals surface area (Å²) in [5, 5.41) is 4.71. The van der Waals surface area contributed by atoms with Crippen LogP contribution in [0.4, 0.5) is 0 Å². The van der Waals surface area contributed by atoms with E-state index in [-0.39, 0.29) is 12.5 Å². The summed E-state index contributed by atoms with van der Waals surface area (Å²) in [6.07, 6.45) is 1.96. The number of ether oxygens (including phenoxy) is 1. The first kappa shape index (κ1) is 17.0. The van der Waals surface area contributed by atoms with Gasteiger partial charge < -0.3 is 19.9 Å². The van der Waals surface area contributed by atoms with Crippen LogP contribution in [-0.2, 0) is 17.9 Å². The van der Waals surface area contributed by atoms with E-state index in [1.165, 1.54) is 15.8 Å². The number of aromatic amines is 1. The average Bonchev–Trinajstić information content (AvgIpc) is 3.09. The van der Waals surface area contributed by atoms with Crippen LogP contribution < -0.4 is 10.1 Å². The van der Waals surface area contributed by atoms with Gasteiger partial charge in [0.25, 0.3) is 5.91 Å². The van der Waals surface area contributed by atoms with Gasteiger partial charge in [0, 0.05) is 44.3 Å². The molecule has 25 heavy (non-hydrogen) atoms. The fourth-order valence-corrected chi connectivity index (χ4v) is 2.67. The molecule has 0 bridgehead atoms. The Morgan fingerprint density at radius 2 is 1.96 bits per heavy atom. The number of hydrogen-bond acceptors (Lipinski definition) is 3. The number of nitrogens with zero attached hydrogens (tertiary/aromatic N) is 1. The minimum absolute atomic E-state index is 0.0527. The van der Waals surface area contributed by atoms with Crippen molar-refractivity contribution in [1.82, 2.24) is 15.2 Å². The Labute approximate surface area is 147 Å². The highest BCUT2D eigenvalue weighted by atomic mass is 16.5. The lowest BCUT2D eigenvalue weighted by Gasteiger charge is -2.12. The molecule has 2 N–H and O–H groups in total. The van der Waals surface area contributed by atoms with Crippen molar-refractivity contribution >= 4 is 16.8 Å². The molecule has 1 amide bonds. The molecule has 0 fully saturated rings. The highest BCUT2D eigenvalue weighted by molar-refractivity contribution is 5.82. The summed E-state index contributed by atoms with van der Waals surface area (Å²) in [6, 6.07) is 16.2. The van der Waals surface area contributed by atoms with Gasteiger partial charge in [-0.15, -0.1) is 0 Å². The van der Waals surface area contributed by atoms with Crippen LogP contribution in [0.25, 0.3) is 10.9 Å². The first-order chi connectivity index (χ1) is 12.1. The van der Waals surface area contributed by atoms with Crippen LogP contribution in [0.1, 0.15) is 11.1 Å². The van der Waals surface area contributed by atoms with Crippen molar-refractivity contribution in [2.75, 3.05) is 20.7 Å². The fraction of sp³-hybridized carbons (Fsp3) is 0.250. The predicted molar refractivity (Wildman–Crippen MR) is 99.5 cm³/mol. The summed E-state index contributed by atoms with van der Waals surface area (Å²) in [5.41, 5.74) is 3.54. The molecular weight excluding hydrogens is 314 g/mol. The van der Waals surface area contributed by atoms with Gasteiger partial charge in [-0.2, -0.15) is 0 Å². The molecule has 1 aromatic heterocycles. The molecule has 0 radical (unpaired) electrons. The van der Waals surface area contributed by atoms with Crippen LogP contribution >= 0.6 is 0 Å². The van der Waals surface area contributed by atoms with Gasteiger partial charge in [-0.05, 0) is 35.4 Å². The molecule has 0 saturated heterocycles. The number of likely N-dealkylation sites (N-methyl/N-ethyl adjacent to an activating group) is 1. The Kier molecular flexibility index (Phi) is 5.36. The number of benzene rings is 2. The maximum atomic E-state index is 11.6. The van der Waals surface area contributed by atoms with E-state index in [4.69, 9.17) is 4.74 Å². The van der Waals surface area contributed by atoms with E-state index in [1.807, 2.05) is 30.5 Å². The summed E-state index contributed by atoms with van der Waals surface area (Å²) in [5.74, 6) is 0.658. The van der Waals surface area contributed by atoms with Gasteiger partial charge in [0.1, 0.15) is 5.75 Å². The van der Waals surface area contributed by atoms with Crippen molar-refractivity contribution in [3.63, 3.8) is 0 Å². The minimum atomic E-state index is -0.0527. The molecule has 0 aliphatic rings. The molecule has 0 aliphatic heterocycles. The lowest BCUT2D eigenvalue weighted by Crippen LogP contribution is -2.27. The Morgan fingerprint density at radius 1 is 1.12 bits per heavy atom. The van der Waals surface area contributed by atoms with E-state index in [9.17, 15) is 4.79 Å². The van der Waals surface area contributed by atoms with Gasteiger partial charge in [0.05, 0.1) is 0 Å². The van der Waals surface area contributed by atoms with Gasteiger partial charge in [-0.1, -0.05) is 24.3 Å². The van der Waals surface area contributed by atoms with Crippen molar-refractivity contribution in [1.29, 1.82) is 0 Å². The number of aromatic nitrogens is 1. The van der Waals surface area contributed by atoms with E-state index in [1.54, 1.807) is 14.1 Å². The third-order valence-electron chi connectivity index (χ3n) is 4.09. The second-order valence-corrected chi connectivity index (χ2v) is 6.18. The first-order valence-electron chi connectivity index (χ1n) is 8.31. The van der Waals surface area contributed by atoms with Crippen LogP contribution in [0, 0.1) is 0 Å². The number of carbonyl (C=O) groups excluding carboxylic acids is 1. The molecule has 0 spiro atoms. The van der Waals surface area contributed by atoms with Gasteiger partial charge in [-0.3, -0.25) is 4.79 Å². The molecule has 0 aliphatic carbocycles. The zero-order valence-electron chi connectivity index (χ0n) is 14.6. The van der Waals surface area contributed by atoms with E-state index >= 15 is 0 Å². The molecule has 0 unspecified atom stereocenters. The quantitative estimate of drug-likeness (QED) is 0.697. The normalized spacial score (nSPS) is 10.8. The summed E-state index contributed by atoms with van der Waals surface area (Å²) in [4.78, 5) is 16.4. The average molecular weight is 337 g/mol. The largest absolute Gasteiger partial charge is 0.484 e. The highest BCUT2D eigenvalue weighted by Gasteiger charge is 2.05. The van der Waals surface area contributed by atoms with Gasteiger partial charge in [0.15, 0.2) is 6.61 Å². The molecule has 0 atom stereocenters. The smallest absolute Gasteiger partial charge is 0.259 e. The summed E-state index contributed by atoms with van der Waals surface area (Å²) in [7, 11) is 3.44. The lowest BCUT2D eigenvalue weighted by atomic mass is 10.1. The topological polar surface area (TPSA) is 57.4 Å². The number of H-pyrrole nitrogens is 1. The van der Waals surface area contributed by atoms with E-state index in [2.05, 4.69) is 34.6 Å². The summed E-state index contributed by atoms with van der Waals surface area (Å²) < 4.78 is 5.56. The summed E-state index contributed by atoms with van der Waals surface area (Å²) >= 11 is 0. The third-order valence-corrected chi connectivity index (χ3v) is 4.09. The Hall–Kier alpha value is -2.79. The second kappa shape index (κ2) is 7.85. The number of fused-ring (bicyclic) bond motifs is 1. The molecule has 5 nitrogen and oxygen atoms in total.